The molecule has 2 saturated heterocycles. The van der Waals surface area contributed by atoms with Gasteiger partial charge in [-0.15, -0.1) is 0 Å². The van der Waals surface area contributed by atoms with Crippen molar-refractivity contribution in [1.82, 2.24) is 14.8 Å². The minimum Gasteiger partial charge on any atom is -0.384 e. The van der Waals surface area contributed by atoms with Crippen LogP contribution in [0.5, 0.6) is 0 Å². The fourth-order valence-electron chi connectivity index (χ4n) is 4.81. The predicted molar refractivity (Wildman–Crippen MR) is 98.7 cm³/mol. The Bertz CT molecular complexity index is 728. The monoisotopic (exact) mass is 341 g/mol. The van der Waals surface area contributed by atoms with Crippen molar-refractivity contribution >= 4 is 16.8 Å². The maximum Gasteiger partial charge on any atom is 0.270 e. The fourth-order valence-corrected chi connectivity index (χ4v) is 4.81. The number of carbonyl (C=O) groups is 1. The maximum absolute atomic E-state index is 12.9. The first-order valence-electron chi connectivity index (χ1n) is 9.16. The summed E-state index contributed by atoms with van der Waals surface area (Å²) < 4.78 is 5.47. The van der Waals surface area contributed by atoms with E-state index in [4.69, 9.17) is 4.74 Å². The standard InChI is InChI=1S/C20H27N3O2/c1-22-12-16(13-25-2)20(14-22)7-9-23(10-8-20)19(24)18-11-15-5-3-4-6-17(15)21-18/h3-6,11,16,21H,7-10,12-14H2,1-2H3. The number of hydrogen-bond donors (Lipinski definition) is 1. The minimum absolute atomic E-state index is 0.126. The van der Waals surface area contributed by atoms with E-state index in [1.807, 2.05) is 35.2 Å². The summed E-state index contributed by atoms with van der Waals surface area (Å²) in [5, 5.41) is 1.09. The Labute approximate surface area is 148 Å². The summed E-state index contributed by atoms with van der Waals surface area (Å²) in [5.41, 5.74) is 2.04. The molecule has 5 nitrogen and oxygen atoms in total. The van der Waals surface area contributed by atoms with E-state index in [1.165, 1.54) is 0 Å². The summed E-state index contributed by atoms with van der Waals surface area (Å²) in [6.45, 7) is 4.71. The highest BCUT2D eigenvalue weighted by Gasteiger charge is 2.47. The Morgan fingerprint density at radius 3 is 2.80 bits per heavy atom. The van der Waals surface area contributed by atoms with E-state index in [-0.39, 0.29) is 5.91 Å². The molecule has 1 amide bonds. The highest BCUT2D eigenvalue weighted by molar-refractivity contribution is 5.98. The first kappa shape index (κ1) is 16.6. The number of aromatic amines is 1. The van der Waals surface area contributed by atoms with Crippen LogP contribution in [0.3, 0.4) is 0 Å². The van der Waals surface area contributed by atoms with Crippen LogP contribution in [0.25, 0.3) is 10.9 Å². The highest BCUT2D eigenvalue weighted by Crippen LogP contribution is 2.44. The zero-order valence-corrected chi connectivity index (χ0v) is 15.1. The zero-order chi connectivity index (χ0) is 17.4. The van der Waals surface area contributed by atoms with E-state index in [0.717, 1.165) is 56.5 Å². The molecule has 5 heteroatoms. The maximum atomic E-state index is 12.9. The normalized spacial score (nSPS) is 23.6. The molecule has 1 aromatic carbocycles. The number of benzene rings is 1. The van der Waals surface area contributed by atoms with E-state index in [1.54, 1.807) is 7.11 Å². The van der Waals surface area contributed by atoms with Crippen LogP contribution in [0.4, 0.5) is 0 Å². The molecular weight excluding hydrogens is 314 g/mol. The predicted octanol–water partition coefficient (Wildman–Crippen LogP) is 2.60. The summed E-state index contributed by atoms with van der Waals surface area (Å²) in [4.78, 5) is 20.6. The lowest BCUT2D eigenvalue weighted by Crippen LogP contribution is -2.47. The lowest BCUT2D eigenvalue weighted by molar-refractivity contribution is 0.0322. The molecule has 1 atom stereocenters. The second-order valence-corrected chi connectivity index (χ2v) is 7.77. The first-order chi connectivity index (χ1) is 12.1. The van der Waals surface area contributed by atoms with E-state index >= 15 is 0 Å². The number of para-hydroxylation sites is 1. The number of amides is 1. The fraction of sp³-hybridized carbons (Fsp3) is 0.550. The average molecular weight is 341 g/mol. The number of carbonyl (C=O) groups excluding carboxylic acids is 1. The molecule has 25 heavy (non-hydrogen) atoms. The summed E-state index contributed by atoms with van der Waals surface area (Å²) in [6.07, 6.45) is 2.13. The number of piperidine rings is 1. The molecule has 1 aromatic heterocycles. The Hall–Kier alpha value is -1.85. The first-order valence-corrected chi connectivity index (χ1v) is 9.16. The van der Waals surface area contributed by atoms with Crippen LogP contribution in [0.2, 0.25) is 0 Å². The van der Waals surface area contributed by atoms with Crippen LogP contribution in [0.1, 0.15) is 23.3 Å². The van der Waals surface area contributed by atoms with Gasteiger partial charge in [-0.05, 0) is 37.4 Å². The van der Waals surface area contributed by atoms with Crippen molar-refractivity contribution in [1.29, 1.82) is 0 Å². The van der Waals surface area contributed by atoms with Gasteiger partial charge in [-0.2, -0.15) is 0 Å². The molecule has 1 N–H and O–H groups in total. The van der Waals surface area contributed by atoms with Crippen molar-refractivity contribution in [3.05, 3.63) is 36.0 Å². The van der Waals surface area contributed by atoms with E-state index < -0.39 is 0 Å². The highest BCUT2D eigenvalue weighted by atomic mass is 16.5. The lowest BCUT2D eigenvalue weighted by atomic mass is 9.71. The van der Waals surface area contributed by atoms with Gasteiger partial charge in [0.1, 0.15) is 5.69 Å². The molecule has 0 bridgehead atoms. The number of nitrogens with one attached hydrogen (secondary N) is 1. The van der Waals surface area contributed by atoms with Gasteiger partial charge in [-0.3, -0.25) is 4.79 Å². The number of likely N-dealkylation sites (tertiary alicyclic amines) is 2. The Kier molecular flexibility index (Phi) is 4.29. The Morgan fingerprint density at radius 1 is 1.32 bits per heavy atom. The van der Waals surface area contributed by atoms with Crippen molar-refractivity contribution in [2.75, 3.05) is 46.9 Å². The molecule has 3 heterocycles. The van der Waals surface area contributed by atoms with Gasteiger partial charge in [-0.1, -0.05) is 18.2 Å². The van der Waals surface area contributed by atoms with Crippen LogP contribution in [0.15, 0.2) is 30.3 Å². The van der Waals surface area contributed by atoms with Crippen LogP contribution in [-0.2, 0) is 4.74 Å². The molecule has 4 rings (SSSR count). The van der Waals surface area contributed by atoms with Crippen LogP contribution in [-0.4, -0.2) is 67.6 Å². The molecule has 1 spiro atoms. The van der Waals surface area contributed by atoms with Gasteiger partial charge in [0.15, 0.2) is 0 Å². The van der Waals surface area contributed by atoms with Gasteiger partial charge >= 0.3 is 0 Å². The largest absolute Gasteiger partial charge is 0.384 e. The molecule has 2 aromatic rings. The van der Waals surface area contributed by atoms with Crippen molar-refractivity contribution in [2.24, 2.45) is 11.3 Å². The number of nitrogens with zero attached hydrogens (tertiary/aromatic N) is 2. The Morgan fingerprint density at radius 2 is 2.08 bits per heavy atom. The van der Waals surface area contributed by atoms with Crippen molar-refractivity contribution in [3.8, 4) is 0 Å². The van der Waals surface area contributed by atoms with Gasteiger partial charge in [-0.25, -0.2) is 0 Å². The van der Waals surface area contributed by atoms with Gasteiger partial charge in [0.05, 0.1) is 6.61 Å². The zero-order valence-electron chi connectivity index (χ0n) is 15.1. The molecule has 1 unspecified atom stereocenters. The summed E-state index contributed by atoms with van der Waals surface area (Å²) in [6, 6.07) is 10.0. The molecule has 0 radical (unpaired) electrons. The second-order valence-electron chi connectivity index (χ2n) is 7.77. The molecule has 2 fully saturated rings. The van der Waals surface area contributed by atoms with Gasteiger partial charge < -0.3 is 19.5 Å². The number of fused-ring (bicyclic) bond motifs is 1. The van der Waals surface area contributed by atoms with Crippen molar-refractivity contribution in [3.63, 3.8) is 0 Å². The topological polar surface area (TPSA) is 48.6 Å². The molecular formula is C20H27N3O2. The second kappa shape index (κ2) is 6.46. The van der Waals surface area contributed by atoms with Crippen LogP contribution in [0, 0.1) is 11.3 Å². The van der Waals surface area contributed by atoms with Crippen molar-refractivity contribution in [2.45, 2.75) is 12.8 Å². The van der Waals surface area contributed by atoms with Crippen molar-refractivity contribution < 1.29 is 9.53 Å². The summed E-state index contributed by atoms with van der Waals surface area (Å²) in [5.74, 6) is 0.702. The van der Waals surface area contributed by atoms with E-state index in [9.17, 15) is 4.79 Å². The number of ether oxygens (including phenoxy) is 1. The molecule has 2 aliphatic heterocycles. The third-order valence-electron chi connectivity index (χ3n) is 6.16. The van der Waals surface area contributed by atoms with Gasteiger partial charge in [0.2, 0.25) is 0 Å². The average Bonchev–Trinajstić information content (AvgIpc) is 3.17. The quantitative estimate of drug-likeness (QED) is 0.933. The summed E-state index contributed by atoms with van der Waals surface area (Å²) in [7, 11) is 3.99. The summed E-state index contributed by atoms with van der Waals surface area (Å²) >= 11 is 0. The minimum atomic E-state index is 0.126. The lowest BCUT2D eigenvalue weighted by Gasteiger charge is -2.42. The molecule has 0 aliphatic carbocycles. The molecule has 2 aliphatic rings. The number of aromatic nitrogens is 1. The van der Waals surface area contributed by atoms with Crippen LogP contribution >= 0.6 is 0 Å². The number of hydrogen-bond acceptors (Lipinski definition) is 3. The van der Waals surface area contributed by atoms with E-state index in [2.05, 4.69) is 16.9 Å². The molecule has 0 saturated carbocycles. The number of methoxy groups -OCH3 is 1. The third-order valence-corrected chi connectivity index (χ3v) is 6.16. The number of H-pyrrole nitrogens is 1. The number of rotatable bonds is 3. The smallest absolute Gasteiger partial charge is 0.270 e. The van der Waals surface area contributed by atoms with Crippen LogP contribution < -0.4 is 0 Å². The van der Waals surface area contributed by atoms with Gasteiger partial charge in [0.25, 0.3) is 5.91 Å². The van der Waals surface area contributed by atoms with Gasteiger partial charge in [0, 0.05) is 50.1 Å². The van der Waals surface area contributed by atoms with E-state index in [0.29, 0.717) is 17.0 Å². The molecule has 134 valence electrons. The SMILES string of the molecule is COCC1CN(C)CC12CCN(C(=O)c1cc3ccccc3[nH]1)CC2. The Balaban J connectivity index is 1.47. The third kappa shape index (κ3) is 2.96.